The Bertz CT molecular complexity index is 664. The van der Waals surface area contributed by atoms with Crippen LogP contribution in [0, 0.1) is 0 Å². The van der Waals surface area contributed by atoms with Crippen molar-refractivity contribution in [2.45, 2.75) is 13.3 Å². The molecule has 1 heterocycles. The first-order chi connectivity index (χ1) is 8.62. The summed E-state index contributed by atoms with van der Waals surface area (Å²) in [4.78, 5) is 9.97. The van der Waals surface area contributed by atoms with Crippen molar-refractivity contribution in [3.63, 3.8) is 0 Å². The lowest BCUT2D eigenvalue weighted by atomic mass is 10.0. The van der Waals surface area contributed by atoms with E-state index in [0.717, 1.165) is 23.1 Å². The quantitative estimate of drug-likeness (QED) is 0.801. The van der Waals surface area contributed by atoms with Crippen LogP contribution in [0.15, 0.2) is 42.5 Å². The summed E-state index contributed by atoms with van der Waals surface area (Å²) in [5.74, 6) is 0.499. The van der Waals surface area contributed by atoms with Crippen LogP contribution in [-0.4, -0.2) is 4.89 Å². The summed E-state index contributed by atoms with van der Waals surface area (Å²) in [5, 5.41) is 0.377. The van der Waals surface area contributed by atoms with Gasteiger partial charge in [0, 0.05) is 11.1 Å². The minimum Gasteiger partial charge on any atom is -0.421 e. The van der Waals surface area contributed by atoms with E-state index in [0.29, 0.717) is 11.1 Å². The largest absolute Gasteiger partial charge is 0.421 e. The summed E-state index contributed by atoms with van der Waals surface area (Å²) in [6, 6.07) is 12.9. The highest BCUT2D eigenvalue weighted by molar-refractivity contribution is 7.62. The molecule has 92 valence electrons. The second kappa shape index (κ2) is 3.98. The molecule has 4 heteroatoms. The lowest BCUT2D eigenvalue weighted by Gasteiger charge is -2.24. The Morgan fingerprint density at radius 1 is 1.17 bits per heavy atom. The second-order valence-corrected chi connectivity index (χ2v) is 6.02. The number of benzene rings is 2. The van der Waals surface area contributed by atoms with Gasteiger partial charge in [0.25, 0.3) is 0 Å². The summed E-state index contributed by atoms with van der Waals surface area (Å²) in [7, 11) is -3.74. The Morgan fingerprint density at radius 3 is 2.72 bits per heavy atom. The van der Waals surface area contributed by atoms with E-state index in [1.807, 2.05) is 37.3 Å². The van der Waals surface area contributed by atoms with Crippen molar-refractivity contribution < 1.29 is 14.0 Å². The average Bonchev–Trinajstić information content (AvgIpc) is 2.38. The SMILES string of the molecule is CCc1ccc2c(c1)OP(=O)(O)c1ccccc1-2. The van der Waals surface area contributed by atoms with E-state index in [1.165, 1.54) is 0 Å². The fraction of sp³-hybridized carbons (Fsp3) is 0.143. The van der Waals surface area contributed by atoms with Crippen LogP contribution in [-0.2, 0) is 11.0 Å². The summed E-state index contributed by atoms with van der Waals surface area (Å²) in [6.07, 6.45) is 0.869. The van der Waals surface area contributed by atoms with Crippen LogP contribution in [0.4, 0.5) is 0 Å². The molecular weight excluding hydrogens is 247 g/mol. The van der Waals surface area contributed by atoms with Gasteiger partial charge in [-0.15, -0.1) is 0 Å². The van der Waals surface area contributed by atoms with Crippen molar-refractivity contribution >= 4 is 12.9 Å². The highest BCUT2D eigenvalue weighted by Crippen LogP contribution is 2.51. The molecule has 0 fully saturated rings. The van der Waals surface area contributed by atoms with Gasteiger partial charge in [-0.05, 0) is 24.1 Å². The van der Waals surface area contributed by atoms with E-state index in [1.54, 1.807) is 12.1 Å². The standard InChI is InChI=1S/C14H13O3P/c1-2-10-7-8-11-12-5-3-4-6-14(12)18(15,16)17-13(11)9-10/h3-9H,2H2,1H3,(H,15,16). The first kappa shape index (κ1) is 11.5. The lowest BCUT2D eigenvalue weighted by molar-refractivity contribution is 0.392. The molecule has 0 amide bonds. The van der Waals surface area contributed by atoms with Gasteiger partial charge in [-0.25, -0.2) is 4.57 Å². The summed E-state index contributed by atoms with van der Waals surface area (Å²) < 4.78 is 17.5. The van der Waals surface area contributed by atoms with Gasteiger partial charge in [0.2, 0.25) is 0 Å². The smallest absolute Gasteiger partial charge is 0.408 e. The molecule has 18 heavy (non-hydrogen) atoms. The molecule has 1 N–H and O–H groups in total. The topological polar surface area (TPSA) is 46.5 Å². The molecule has 0 radical (unpaired) electrons. The molecule has 2 aromatic carbocycles. The molecule has 0 aromatic heterocycles. The van der Waals surface area contributed by atoms with Crippen molar-refractivity contribution in [3.05, 3.63) is 48.0 Å². The van der Waals surface area contributed by atoms with Gasteiger partial charge < -0.3 is 9.42 Å². The predicted octanol–water partition coefficient (Wildman–Crippen LogP) is 3.12. The fourth-order valence-corrected chi connectivity index (χ4v) is 3.50. The minimum atomic E-state index is -3.74. The van der Waals surface area contributed by atoms with Crippen LogP contribution in [0.5, 0.6) is 5.75 Å². The van der Waals surface area contributed by atoms with Crippen molar-refractivity contribution in [2.75, 3.05) is 0 Å². The Kier molecular flexibility index (Phi) is 2.54. The first-order valence-corrected chi connectivity index (χ1v) is 7.45. The third-order valence-electron chi connectivity index (χ3n) is 3.18. The third kappa shape index (κ3) is 1.67. The van der Waals surface area contributed by atoms with Crippen molar-refractivity contribution in [1.82, 2.24) is 0 Å². The van der Waals surface area contributed by atoms with E-state index in [2.05, 4.69) is 0 Å². The number of aryl methyl sites for hydroxylation is 1. The molecule has 0 spiro atoms. The zero-order valence-electron chi connectivity index (χ0n) is 9.96. The molecule has 3 rings (SSSR count). The average molecular weight is 260 g/mol. The maximum absolute atomic E-state index is 12.2. The maximum atomic E-state index is 12.2. The van der Waals surface area contributed by atoms with Crippen LogP contribution in [0.25, 0.3) is 11.1 Å². The highest BCUT2D eigenvalue weighted by Gasteiger charge is 2.33. The van der Waals surface area contributed by atoms with E-state index in [-0.39, 0.29) is 0 Å². The van der Waals surface area contributed by atoms with Gasteiger partial charge >= 0.3 is 7.60 Å². The molecule has 0 saturated heterocycles. The van der Waals surface area contributed by atoms with Crippen LogP contribution in [0.2, 0.25) is 0 Å². The van der Waals surface area contributed by atoms with Crippen LogP contribution >= 0.6 is 7.60 Å². The molecule has 1 aliphatic heterocycles. The summed E-state index contributed by atoms with van der Waals surface area (Å²) >= 11 is 0. The van der Waals surface area contributed by atoms with E-state index in [4.69, 9.17) is 4.52 Å². The van der Waals surface area contributed by atoms with Gasteiger partial charge in [-0.3, -0.25) is 0 Å². The van der Waals surface area contributed by atoms with Crippen LogP contribution in [0.3, 0.4) is 0 Å². The molecule has 1 unspecified atom stereocenters. The Morgan fingerprint density at radius 2 is 1.94 bits per heavy atom. The van der Waals surface area contributed by atoms with Gasteiger partial charge in [0.1, 0.15) is 5.75 Å². The van der Waals surface area contributed by atoms with Gasteiger partial charge in [-0.1, -0.05) is 37.3 Å². The molecular formula is C14H13O3P. The first-order valence-electron chi connectivity index (χ1n) is 5.87. The van der Waals surface area contributed by atoms with Crippen LogP contribution < -0.4 is 9.83 Å². The molecule has 1 aliphatic rings. The van der Waals surface area contributed by atoms with E-state index < -0.39 is 7.60 Å². The highest BCUT2D eigenvalue weighted by atomic mass is 31.2. The minimum absolute atomic E-state index is 0.377. The summed E-state index contributed by atoms with van der Waals surface area (Å²) in [6.45, 7) is 2.04. The Hall–Kier alpha value is -1.57. The predicted molar refractivity (Wildman–Crippen MR) is 71.3 cm³/mol. The second-order valence-electron chi connectivity index (χ2n) is 4.31. The Balaban J connectivity index is 2.29. The lowest BCUT2D eigenvalue weighted by Crippen LogP contribution is -2.17. The number of fused-ring (bicyclic) bond motifs is 3. The number of rotatable bonds is 1. The van der Waals surface area contributed by atoms with Crippen molar-refractivity contribution in [3.8, 4) is 16.9 Å². The number of hydrogen-bond acceptors (Lipinski definition) is 2. The number of hydrogen-bond donors (Lipinski definition) is 1. The molecule has 3 nitrogen and oxygen atoms in total. The summed E-state index contributed by atoms with van der Waals surface area (Å²) in [5.41, 5.74) is 2.75. The van der Waals surface area contributed by atoms with Gasteiger partial charge in [0.05, 0.1) is 5.30 Å². The van der Waals surface area contributed by atoms with Crippen molar-refractivity contribution in [1.29, 1.82) is 0 Å². The monoisotopic (exact) mass is 260 g/mol. The zero-order chi connectivity index (χ0) is 12.8. The molecule has 0 bridgehead atoms. The van der Waals surface area contributed by atoms with Gasteiger partial charge in [-0.2, -0.15) is 0 Å². The molecule has 0 aliphatic carbocycles. The zero-order valence-corrected chi connectivity index (χ0v) is 10.9. The van der Waals surface area contributed by atoms with Crippen molar-refractivity contribution in [2.24, 2.45) is 0 Å². The third-order valence-corrected chi connectivity index (χ3v) is 4.62. The molecule has 1 atom stereocenters. The fourth-order valence-electron chi connectivity index (χ4n) is 2.21. The van der Waals surface area contributed by atoms with Gasteiger partial charge in [0.15, 0.2) is 0 Å². The van der Waals surface area contributed by atoms with Crippen LogP contribution in [0.1, 0.15) is 12.5 Å². The Labute approximate surface area is 106 Å². The maximum Gasteiger partial charge on any atom is 0.408 e. The normalized spacial score (nSPS) is 20.8. The molecule has 0 saturated carbocycles. The molecule has 2 aromatic rings. The van der Waals surface area contributed by atoms with E-state index in [9.17, 15) is 9.46 Å². The van der Waals surface area contributed by atoms with E-state index >= 15 is 0 Å².